The minimum absolute atomic E-state index is 0.847. The molecule has 2 heterocycles. The third-order valence-corrected chi connectivity index (χ3v) is 3.21. The lowest BCUT2D eigenvalue weighted by molar-refractivity contribution is 1.03. The maximum absolute atomic E-state index is 4.49. The Morgan fingerprint density at radius 3 is 2.94 bits per heavy atom. The van der Waals surface area contributed by atoms with Crippen LogP contribution < -0.4 is 0 Å². The molecule has 0 aliphatic rings. The molecule has 4 nitrogen and oxygen atoms in total. The molecule has 0 saturated heterocycles. The maximum atomic E-state index is 4.49. The number of H-pyrrole nitrogens is 2. The Bertz CT molecular complexity index is 552. The van der Waals surface area contributed by atoms with Crippen LogP contribution in [0, 0.1) is 0 Å². The molecule has 0 saturated carbocycles. The smallest absolute Gasteiger partial charge is 0.166 e. The van der Waals surface area contributed by atoms with E-state index in [0.29, 0.717) is 0 Å². The van der Waals surface area contributed by atoms with Crippen molar-refractivity contribution in [1.82, 2.24) is 20.2 Å². The number of para-hydroxylation sites is 2. The number of fused-ring (bicyclic) bond motifs is 1. The van der Waals surface area contributed by atoms with Gasteiger partial charge in [0.15, 0.2) is 5.16 Å². The number of nitrogens with zero attached hydrogens (tertiary/aromatic N) is 2. The summed E-state index contributed by atoms with van der Waals surface area (Å²) in [6, 6.07) is 10.0. The molecule has 3 aromatic rings. The van der Waals surface area contributed by atoms with E-state index < -0.39 is 0 Å². The Morgan fingerprint density at radius 2 is 2.12 bits per heavy atom. The fourth-order valence-corrected chi connectivity index (χ4v) is 2.31. The molecule has 0 atom stereocenters. The van der Waals surface area contributed by atoms with Crippen LogP contribution in [0.2, 0.25) is 0 Å². The van der Waals surface area contributed by atoms with Crippen LogP contribution in [0.3, 0.4) is 0 Å². The highest BCUT2D eigenvalue weighted by molar-refractivity contribution is 7.98. The van der Waals surface area contributed by atoms with Gasteiger partial charge in [0.1, 0.15) is 0 Å². The maximum Gasteiger partial charge on any atom is 0.166 e. The number of nitrogens with one attached hydrogen (secondary N) is 2. The zero-order valence-corrected chi connectivity index (χ0v) is 9.29. The second-order valence-corrected chi connectivity index (χ2v) is 4.39. The Morgan fingerprint density at radius 1 is 1.19 bits per heavy atom. The van der Waals surface area contributed by atoms with Crippen molar-refractivity contribution in [3.05, 3.63) is 42.2 Å². The van der Waals surface area contributed by atoms with Crippen molar-refractivity contribution in [3.8, 4) is 0 Å². The first-order valence-corrected chi connectivity index (χ1v) is 5.96. The monoisotopic (exact) mass is 230 g/mol. The van der Waals surface area contributed by atoms with Crippen molar-refractivity contribution in [3.63, 3.8) is 0 Å². The van der Waals surface area contributed by atoms with Gasteiger partial charge in [-0.3, -0.25) is 5.10 Å². The Labute approximate surface area is 96.5 Å². The SMILES string of the molecule is c1ccc2[nH]c(SCc3ccn[nH]3)nc2c1. The number of imidazole rings is 1. The Kier molecular flexibility index (Phi) is 2.38. The van der Waals surface area contributed by atoms with Crippen molar-refractivity contribution in [1.29, 1.82) is 0 Å². The van der Waals surface area contributed by atoms with Gasteiger partial charge in [-0.1, -0.05) is 23.9 Å². The van der Waals surface area contributed by atoms with E-state index in [-0.39, 0.29) is 0 Å². The summed E-state index contributed by atoms with van der Waals surface area (Å²) in [5, 5.41) is 7.78. The van der Waals surface area contributed by atoms with Gasteiger partial charge in [-0.05, 0) is 18.2 Å². The van der Waals surface area contributed by atoms with Crippen molar-refractivity contribution in [2.24, 2.45) is 0 Å². The van der Waals surface area contributed by atoms with Crippen LogP contribution >= 0.6 is 11.8 Å². The number of hydrogen-bond donors (Lipinski definition) is 2. The average molecular weight is 230 g/mol. The van der Waals surface area contributed by atoms with Crippen LogP contribution in [-0.2, 0) is 5.75 Å². The van der Waals surface area contributed by atoms with Gasteiger partial charge in [0.25, 0.3) is 0 Å². The summed E-state index contributed by atoms with van der Waals surface area (Å²) in [4.78, 5) is 7.76. The molecule has 2 N–H and O–H groups in total. The first kappa shape index (κ1) is 9.47. The minimum atomic E-state index is 0.847. The number of aromatic amines is 2. The summed E-state index contributed by atoms with van der Waals surface area (Å²) in [7, 11) is 0. The van der Waals surface area contributed by atoms with E-state index in [1.54, 1.807) is 18.0 Å². The van der Waals surface area contributed by atoms with Gasteiger partial charge < -0.3 is 4.98 Å². The molecule has 1 aromatic carbocycles. The van der Waals surface area contributed by atoms with Crippen molar-refractivity contribution < 1.29 is 0 Å². The molecule has 5 heteroatoms. The lowest BCUT2D eigenvalue weighted by Crippen LogP contribution is -1.81. The van der Waals surface area contributed by atoms with E-state index in [2.05, 4.69) is 20.2 Å². The van der Waals surface area contributed by atoms with E-state index in [9.17, 15) is 0 Å². The number of hydrogen-bond acceptors (Lipinski definition) is 3. The van der Waals surface area contributed by atoms with Crippen molar-refractivity contribution in [2.75, 3.05) is 0 Å². The van der Waals surface area contributed by atoms with Crippen LogP contribution in [0.25, 0.3) is 11.0 Å². The summed E-state index contributed by atoms with van der Waals surface area (Å²) in [6.45, 7) is 0. The molecule has 0 radical (unpaired) electrons. The quantitative estimate of drug-likeness (QED) is 0.680. The summed E-state index contributed by atoms with van der Waals surface area (Å²) in [5.74, 6) is 0.847. The van der Waals surface area contributed by atoms with Crippen LogP contribution in [0.15, 0.2) is 41.7 Å². The Balaban J connectivity index is 1.79. The molecule has 0 unspecified atom stereocenters. The summed E-state index contributed by atoms with van der Waals surface area (Å²) < 4.78 is 0. The molecule has 0 aliphatic carbocycles. The lowest BCUT2D eigenvalue weighted by atomic mass is 10.3. The summed E-state index contributed by atoms with van der Waals surface area (Å²) >= 11 is 1.67. The second kappa shape index (κ2) is 4.02. The first-order chi connectivity index (χ1) is 7.92. The zero-order chi connectivity index (χ0) is 10.8. The fraction of sp³-hybridized carbons (Fsp3) is 0.0909. The third kappa shape index (κ3) is 1.81. The summed E-state index contributed by atoms with van der Waals surface area (Å²) in [5.41, 5.74) is 3.19. The van der Waals surface area contributed by atoms with E-state index in [1.165, 1.54) is 0 Å². The molecule has 3 rings (SSSR count). The number of thioether (sulfide) groups is 1. The highest BCUT2D eigenvalue weighted by Crippen LogP contribution is 2.21. The van der Waals surface area contributed by atoms with Gasteiger partial charge in [0.2, 0.25) is 0 Å². The van der Waals surface area contributed by atoms with Crippen LogP contribution in [-0.4, -0.2) is 20.2 Å². The standard InChI is InChI=1S/C11H10N4S/c1-2-4-10-9(3-1)13-11(14-10)16-7-8-5-6-12-15-8/h1-6H,7H2,(H,12,15)(H,13,14). The predicted octanol–water partition coefficient (Wildman–Crippen LogP) is 2.58. The molecule has 80 valence electrons. The molecule has 0 fully saturated rings. The van der Waals surface area contributed by atoms with Crippen LogP contribution in [0.1, 0.15) is 5.69 Å². The van der Waals surface area contributed by atoms with Gasteiger partial charge >= 0.3 is 0 Å². The molecular weight excluding hydrogens is 220 g/mol. The van der Waals surface area contributed by atoms with Gasteiger partial charge in [-0.15, -0.1) is 0 Å². The normalized spacial score (nSPS) is 11.0. The molecule has 0 amide bonds. The molecule has 0 aliphatic heterocycles. The van der Waals surface area contributed by atoms with Gasteiger partial charge in [0, 0.05) is 17.6 Å². The van der Waals surface area contributed by atoms with Crippen LogP contribution in [0.5, 0.6) is 0 Å². The van der Waals surface area contributed by atoms with Crippen molar-refractivity contribution in [2.45, 2.75) is 10.9 Å². The van der Waals surface area contributed by atoms with Gasteiger partial charge in [-0.25, -0.2) is 4.98 Å². The third-order valence-electron chi connectivity index (χ3n) is 2.29. The number of benzene rings is 1. The van der Waals surface area contributed by atoms with Crippen LogP contribution in [0.4, 0.5) is 0 Å². The average Bonchev–Trinajstić information content (AvgIpc) is 2.95. The highest BCUT2D eigenvalue weighted by atomic mass is 32.2. The largest absolute Gasteiger partial charge is 0.333 e. The van der Waals surface area contributed by atoms with E-state index in [4.69, 9.17) is 0 Å². The van der Waals surface area contributed by atoms with E-state index in [0.717, 1.165) is 27.6 Å². The zero-order valence-electron chi connectivity index (χ0n) is 8.47. The lowest BCUT2D eigenvalue weighted by Gasteiger charge is -1.93. The minimum Gasteiger partial charge on any atom is -0.333 e. The molecular formula is C11H10N4S. The first-order valence-electron chi connectivity index (χ1n) is 4.97. The Hall–Kier alpha value is -1.75. The topological polar surface area (TPSA) is 57.4 Å². The molecule has 16 heavy (non-hydrogen) atoms. The van der Waals surface area contributed by atoms with Gasteiger partial charge in [-0.2, -0.15) is 5.10 Å². The highest BCUT2D eigenvalue weighted by Gasteiger charge is 2.03. The summed E-state index contributed by atoms with van der Waals surface area (Å²) in [6.07, 6.45) is 1.76. The molecule has 0 spiro atoms. The fourth-order valence-electron chi connectivity index (χ4n) is 1.51. The predicted molar refractivity (Wildman–Crippen MR) is 64.2 cm³/mol. The van der Waals surface area contributed by atoms with Crippen molar-refractivity contribution >= 4 is 22.8 Å². The second-order valence-electron chi connectivity index (χ2n) is 3.43. The van der Waals surface area contributed by atoms with E-state index in [1.807, 2.05) is 30.3 Å². The molecule has 0 bridgehead atoms. The van der Waals surface area contributed by atoms with E-state index >= 15 is 0 Å². The number of rotatable bonds is 3. The molecule has 2 aromatic heterocycles. The van der Waals surface area contributed by atoms with Gasteiger partial charge in [0.05, 0.1) is 11.0 Å². The number of aromatic nitrogens is 4.